The number of nitrogens with one attached hydrogen (secondary N) is 1. The number of nitrogens with zero attached hydrogens (tertiary/aromatic N) is 3. The number of benzene rings is 1. The Morgan fingerprint density at radius 1 is 1.03 bits per heavy atom. The average Bonchev–Trinajstić information content (AvgIpc) is 3.47. The van der Waals surface area contributed by atoms with E-state index in [0.717, 1.165) is 38.2 Å². The van der Waals surface area contributed by atoms with Crippen molar-refractivity contribution in [1.29, 1.82) is 0 Å². The predicted molar refractivity (Wildman–Crippen MR) is 116 cm³/mol. The summed E-state index contributed by atoms with van der Waals surface area (Å²) in [4.78, 5) is 14.9. The molecule has 4 heterocycles. The number of hydrogen-bond donors (Lipinski definition) is 1. The molecule has 0 saturated carbocycles. The summed E-state index contributed by atoms with van der Waals surface area (Å²) in [5, 5.41) is 8.29. The van der Waals surface area contributed by atoms with Crippen molar-refractivity contribution in [2.24, 2.45) is 0 Å². The second kappa shape index (κ2) is 7.81. The Hall–Kier alpha value is -2.97. The molecule has 1 atom stereocenters. The number of rotatable bonds is 5. The maximum Gasteiger partial charge on any atom is 0.223 e. The molecule has 0 radical (unpaired) electrons. The molecule has 1 N–H and O–H groups in total. The first-order chi connectivity index (χ1) is 14.3. The van der Waals surface area contributed by atoms with Crippen LogP contribution in [0.2, 0.25) is 0 Å². The van der Waals surface area contributed by atoms with E-state index in [1.165, 1.54) is 0 Å². The molecule has 1 aliphatic heterocycles. The number of fused-ring (bicyclic) bond motifs is 1. The Bertz CT molecular complexity index is 1110. The van der Waals surface area contributed by atoms with E-state index in [2.05, 4.69) is 33.7 Å². The summed E-state index contributed by atoms with van der Waals surface area (Å²) in [6, 6.07) is 10.1. The topological polar surface area (TPSA) is 69.2 Å². The van der Waals surface area contributed by atoms with Gasteiger partial charge in [-0.05, 0) is 36.1 Å². The van der Waals surface area contributed by atoms with Gasteiger partial charge in [-0.15, -0.1) is 22.7 Å². The van der Waals surface area contributed by atoms with Crippen LogP contribution in [-0.4, -0.2) is 28.2 Å². The Morgan fingerprint density at radius 2 is 1.93 bits per heavy atom. The van der Waals surface area contributed by atoms with Gasteiger partial charge in [0.25, 0.3) is 0 Å². The minimum atomic E-state index is 0.00237. The zero-order valence-electron chi connectivity index (χ0n) is 15.7. The normalized spacial score (nSPS) is 13.8. The number of thiazole rings is 1. The van der Waals surface area contributed by atoms with Crippen LogP contribution in [0, 0.1) is 0 Å². The minimum Gasteiger partial charge on any atom is -0.486 e. The van der Waals surface area contributed by atoms with Crippen LogP contribution in [0.15, 0.2) is 53.5 Å². The Balaban J connectivity index is 1.45. The van der Waals surface area contributed by atoms with Gasteiger partial charge < -0.3 is 14.8 Å². The summed E-state index contributed by atoms with van der Waals surface area (Å²) >= 11 is 3.24. The molecule has 0 spiro atoms. The molecule has 0 unspecified atom stereocenters. The van der Waals surface area contributed by atoms with E-state index in [9.17, 15) is 0 Å². The molecule has 0 aliphatic carbocycles. The van der Waals surface area contributed by atoms with E-state index in [0.29, 0.717) is 19.2 Å². The van der Waals surface area contributed by atoms with Crippen molar-refractivity contribution >= 4 is 28.6 Å². The van der Waals surface area contributed by atoms with E-state index in [4.69, 9.17) is 14.5 Å². The summed E-state index contributed by atoms with van der Waals surface area (Å²) in [6.07, 6.45) is 3.67. The van der Waals surface area contributed by atoms with Crippen molar-refractivity contribution in [2.45, 2.75) is 13.0 Å². The fourth-order valence-electron chi connectivity index (χ4n) is 3.17. The van der Waals surface area contributed by atoms with Crippen LogP contribution in [0.4, 0.5) is 5.95 Å². The molecule has 0 saturated heterocycles. The second-order valence-corrected chi connectivity index (χ2v) is 8.38. The molecular weight excluding hydrogens is 404 g/mol. The van der Waals surface area contributed by atoms with Crippen molar-refractivity contribution in [3.05, 3.63) is 59.0 Å². The fraction of sp³-hybridized carbons (Fsp3) is 0.190. The summed E-state index contributed by atoms with van der Waals surface area (Å²) in [7, 11) is 0. The molecule has 0 bridgehead atoms. The lowest BCUT2D eigenvalue weighted by Crippen LogP contribution is -2.16. The van der Waals surface area contributed by atoms with Gasteiger partial charge in [-0.2, -0.15) is 0 Å². The average molecular weight is 423 g/mol. The van der Waals surface area contributed by atoms with Gasteiger partial charge in [0.2, 0.25) is 5.95 Å². The second-order valence-electron chi connectivity index (χ2n) is 6.54. The highest BCUT2D eigenvalue weighted by molar-refractivity contribution is 7.14. The Morgan fingerprint density at radius 3 is 2.72 bits per heavy atom. The molecule has 146 valence electrons. The summed E-state index contributed by atoms with van der Waals surface area (Å²) in [5.74, 6) is 2.13. The zero-order chi connectivity index (χ0) is 19.6. The molecule has 0 amide bonds. The number of thiophene rings is 1. The highest BCUT2D eigenvalue weighted by atomic mass is 32.1. The largest absolute Gasteiger partial charge is 0.486 e. The lowest BCUT2D eigenvalue weighted by molar-refractivity contribution is 0.171. The van der Waals surface area contributed by atoms with Gasteiger partial charge in [0, 0.05) is 28.2 Å². The monoisotopic (exact) mass is 422 g/mol. The highest BCUT2D eigenvalue weighted by Gasteiger charge is 2.18. The maximum absolute atomic E-state index is 5.70. The quantitative estimate of drug-likeness (QED) is 0.472. The van der Waals surface area contributed by atoms with E-state index in [1.54, 1.807) is 28.9 Å². The van der Waals surface area contributed by atoms with Gasteiger partial charge in [0.1, 0.15) is 23.9 Å². The summed E-state index contributed by atoms with van der Waals surface area (Å²) in [6.45, 7) is 3.23. The minimum absolute atomic E-state index is 0.00237. The number of hydrogen-bond acceptors (Lipinski definition) is 8. The summed E-state index contributed by atoms with van der Waals surface area (Å²) < 4.78 is 11.3. The van der Waals surface area contributed by atoms with Crippen LogP contribution in [0.3, 0.4) is 0 Å². The van der Waals surface area contributed by atoms with Crippen LogP contribution in [0.25, 0.3) is 21.1 Å². The van der Waals surface area contributed by atoms with E-state index in [1.807, 2.05) is 35.8 Å². The van der Waals surface area contributed by atoms with Crippen LogP contribution in [0.5, 0.6) is 11.5 Å². The fourth-order valence-corrected chi connectivity index (χ4v) is 4.55. The highest BCUT2D eigenvalue weighted by Crippen LogP contribution is 2.36. The van der Waals surface area contributed by atoms with Gasteiger partial charge in [-0.25, -0.2) is 15.0 Å². The first kappa shape index (κ1) is 18.1. The van der Waals surface area contributed by atoms with Crippen LogP contribution in [0.1, 0.15) is 18.5 Å². The van der Waals surface area contributed by atoms with Crippen molar-refractivity contribution in [1.82, 2.24) is 15.0 Å². The van der Waals surface area contributed by atoms with E-state index < -0.39 is 0 Å². The van der Waals surface area contributed by atoms with Crippen molar-refractivity contribution in [2.75, 3.05) is 18.5 Å². The van der Waals surface area contributed by atoms with Gasteiger partial charge in [0.05, 0.1) is 6.04 Å². The van der Waals surface area contributed by atoms with Crippen LogP contribution >= 0.6 is 22.7 Å². The molecule has 3 aromatic heterocycles. The Kier molecular flexibility index (Phi) is 4.87. The standard InChI is InChI=1S/C21H18N4O2S2/c1-13(14-4-5-16-17(11-14)27-8-7-26-16)24-21-23-12-15(18-3-2-9-28-18)19(25-21)20-22-6-10-29-20/h2-6,9-13H,7-8H2,1H3,(H,23,24,25)/t13-/m0/s1. The third kappa shape index (κ3) is 3.68. The third-order valence-electron chi connectivity index (χ3n) is 4.62. The maximum atomic E-state index is 5.70. The van der Waals surface area contributed by atoms with E-state index >= 15 is 0 Å². The number of aromatic nitrogens is 3. The molecule has 29 heavy (non-hydrogen) atoms. The van der Waals surface area contributed by atoms with Gasteiger partial charge in [0.15, 0.2) is 11.5 Å². The molecule has 0 fully saturated rings. The molecular formula is C21H18N4O2S2. The third-order valence-corrected chi connectivity index (χ3v) is 6.31. The number of anilines is 1. The van der Waals surface area contributed by atoms with Gasteiger partial charge in [-0.3, -0.25) is 0 Å². The molecule has 1 aromatic carbocycles. The first-order valence-corrected chi connectivity index (χ1v) is 11.0. The van der Waals surface area contributed by atoms with Gasteiger partial charge >= 0.3 is 0 Å². The van der Waals surface area contributed by atoms with E-state index in [-0.39, 0.29) is 6.04 Å². The molecule has 4 aromatic rings. The predicted octanol–water partition coefficient (Wildman–Crippen LogP) is 5.27. The molecule has 1 aliphatic rings. The zero-order valence-corrected chi connectivity index (χ0v) is 17.3. The SMILES string of the molecule is C[C@H](Nc1ncc(-c2cccs2)c(-c2nccs2)n1)c1ccc2c(c1)OCCO2. The smallest absolute Gasteiger partial charge is 0.223 e. The first-order valence-electron chi connectivity index (χ1n) is 9.25. The lowest BCUT2D eigenvalue weighted by Gasteiger charge is -2.21. The van der Waals surface area contributed by atoms with Crippen molar-refractivity contribution in [3.63, 3.8) is 0 Å². The molecule has 8 heteroatoms. The van der Waals surface area contributed by atoms with Crippen LogP contribution < -0.4 is 14.8 Å². The molecule has 6 nitrogen and oxygen atoms in total. The Labute approximate surface area is 176 Å². The van der Waals surface area contributed by atoms with Crippen LogP contribution in [-0.2, 0) is 0 Å². The lowest BCUT2D eigenvalue weighted by atomic mass is 10.1. The van der Waals surface area contributed by atoms with Crippen molar-refractivity contribution < 1.29 is 9.47 Å². The van der Waals surface area contributed by atoms with Gasteiger partial charge in [-0.1, -0.05) is 12.1 Å². The summed E-state index contributed by atoms with van der Waals surface area (Å²) in [5.41, 5.74) is 2.91. The number of ether oxygens (including phenoxy) is 2. The van der Waals surface area contributed by atoms with Crippen molar-refractivity contribution in [3.8, 4) is 32.6 Å². The molecule has 5 rings (SSSR count).